The van der Waals surface area contributed by atoms with Gasteiger partial charge in [0.1, 0.15) is 5.82 Å². The maximum atomic E-state index is 8.95. The molecule has 5 nitrogen and oxygen atoms in total. The molecule has 2 aromatic carbocycles. The van der Waals surface area contributed by atoms with Crippen LogP contribution < -0.4 is 10.6 Å². The third kappa shape index (κ3) is 2.99. The van der Waals surface area contributed by atoms with E-state index in [1.54, 1.807) is 0 Å². The summed E-state index contributed by atoms with van der Waals surface area (Å²) in [5.74, 6) is 1.25. The smallest absolute Gasteiger partial charge is 0.225 e. The number of fused-ring (bicyclic) bond motifs is 1. The molecule has 0 saturated carbocycles. The number of aliphatic hydroxyl groups excluding tert-OH is 1. The molecular weight excluding hydrogens is 276 g/mol. The molecule has 3 N–H and O–H groups in total. The Hall–Kier alpha value is -2.66. The zero-order valence-corrected chi connectivity index (χ0v) is 12.4. The van der Waals surface area contributed by atoms with Crippen LogP contribution >= 0.6 is 0 Å². The Morgan fingerprint density at radius 3 is 2.59 bits per heavy atom. The number of aliphatic hydroxyl groups is 1. The predicted molar refractivity (Wildman–Crippen MR) is 89.6 cm³/mol. The second kappa shape index (κ2) is 6.41. The van der Waals surface area contributed by atoms with Crippen molar-refractivity contribution < 1.29 is 5.11 Å². The fraction of sp³-hybridized carbons (Fsp3) is 0.176. The number of aryl methyl sites for hydroxylation is 1. The zero-order chi connectivity index (χ0) is 15.4. The first kappa shape index (κ1) is 14.3. The van der Waals surface area contributed by atoms with Crippen molar-refractivity contribution in [3.8, 4) is 0 Å². The van der Waals surface area contributed by atoms with Crippen LogP contribution in [0.2, 0.25) is 0 Å². The molecule has 112 valence electrons. The van der Waals surface area contributed by atoms with E-state index in [-0.39, 0.29) is 6.61 Å². The minimum Gasteiger partial charge on any atom is -0.395 e. The molecule has 0 atom stereocenters. The fourth-order valence-electron chi connectivity index (χ4n) is 2.26. The zero-order valence-electron chi connectivity index (χ0n) is 12.4. The van der Waals surface area contributed by atoms with Crippen molar-refractivity contribution in [1.82, 2.24) is 9.97 Å². The van der Waals surface area contributed by atoms with Crippen molar-refractivity contribution in [2.24, 2.45) is 0 Å². The maximum absolute atomic E-state index is 8.95. The number of rotatable bonds is 5. The molecule has 1 heterocycles. The Morgan fingerprint density at radius 2 is 1.77 bits per heavy atom. The Labute approximate surface area is 129 Å². The van der Waals surface area contributed by atoms with Crippen LogP contribution in [0.3, 0.4) is 0 Å². The molecule has 0 spiro atoms. The highest BCUT2D eigenvalue weighted by Crippen LogP contribution is 2.26. The van der Waals surface area contributed by atoms with Crippen LogP contribution in [0.25, 0.3) is 10.9 Å². The van der Waals surface area contributed by atoms with Crippen LogP contribution in [0, 0.1) is 6.92 Å². The minimum atomic E-state index is 0.0384. The second-order valence-electron chi connectivity index (χ2n) is 5.00. The summed E-state index contributed by atoms with van der Waals surface area (Å²) in [5, 5.41) is 16.3. The normalized spacial score (nSPS) is 10.6. The second-order valence-corrected chi connectivity index (χ2v) is 5.00. The van der Waals surface area contributed by atoms with Gasteiger partial charge in [-0.25, -0.2) is 4.98 Å². The van der Waals surface area contributed by atoms with Gasteiger partial charge < -0.3 is 15.7 Å². The molecule has 0 aliphatic heterocycles. The van der Waals surface area contributed by atoms with Crippen molar-refractivity contribution in [2.75, 3.05) is 23.8 Å². The Bertz CT molecular complexity index is 788. The van der Waals surface area contributed by atoms with Crippen LogP contribution in [0.4, 0.5) is 17.5 Å². The minimum absolute atomic E-state index is 0.0384. The molecular formula is C17H18N4O. The van der Waals surface area contributed by atoms with Gasteiger partial charge in [-0.2, -0.15) is 4.98 Å². The Balaban J connectivity index is 2.04. The summed E-state index contributed by atoms with van der Waals surface area (Å²) < 4.78 is 0. The van der Waals surface area contributed by atoms with E-state index < -0.39 is 0 Å². The average molecular weight is 294 g/mol. The van der Waals surface area contributed by atoms with Crippen molar-refractivity contribution in [2.45, 2.75) is 6.92 Å². The van der Waals surface area contributed by atoms with Gasteiger partial charge in [0, 0.05) is 17.6 Å². The van der Waals surface area contributed by atoms with Crippen LogP contribution in [0.5, 0.6) is 0 Å². The lowest BCUT2D eigenvalue weighted by atomic mass is 10.2. The number of nitrogens with zero attached hydrogens (tertiary/aromatic N) is 2. The van der Waals surface area contributed by atoms with Crippen LogP contribution in [-0.2, 0) is 0 Å². The molecule has 3 rings (SSSR count). The number of benzene rings is 2. The van der Waals surface area contributed by atoms with Crippen molar-refractivity contribution in [3.05, 3.63) is 54.1 Å². The number of aromatic nitrogens is 2. The lowest BCUT2D eigenvalue weighted by Crippen LogP contribution is -2.10. The summed E-state index contributed by atoms with van der Waals surface area (Å²) in [5.41, 5.74) is 3.02. The number of para-hydroxylation sites is 2. The molecule has 3 aromatic rings. The van der Waals surface area contributed by atoms with E-state index in [0.717, 1.165) is 28.0 Å². The molecule has 22 heavy (non-hydrogen) atoms. The molecule has 0 fully saturated rings. The van der Waals surface area contributed by atoms with Gasteiger partial charge in [-0.15, -0.1) is 0 Å². The first-order valence-corrected chi connectivity index (χ1v) is 7.22. The highest BCUT2D eigenvalue weighted by Gasteiger charge is 2.08. The molecule has 0 radical (unpaired) electrons. The maximum Gasteiger partial charge on any atom is 0.225 e. The van der Waals surface area contributed by atoms with Gasteiger partial charge >= 0.3 is 0 Å². The summed E-state index contributed by atoms with van der Waals surface area (Å²) in [4.78, 5) is 8.99. The summed E-state index contributed by atoms with van der Waals surface area (Å²) >= 11 is 0. The molecule has 0 unspecified atom stereocenters. The van der Waals surface area contributed by atoms with Gasteiger partial charge in [-0.1, -0.05) is 30.3 Å². The lowest BCUT2D eigenvalue weighted by Gasteiger charge is -2.13. The molecule has 0 amide bonds. The summed E-state index contributed by atoms with van der Waals surface area (Å²) in [6, 6.07) is 15.9. The fourth-order valence-corrected chi connectivity index (χ4v) is 2.26. The first-order valence-electron chi connectivity index (χ1n) is 7.22. The predicted octanol–water partition coefficient (Wildman–Crippen LogP) is 3.09. The van der Waals surface area contributed by atoms with Crippen LogP contribution in [0.1, 0.15) is 5.56 Å². The molecule has 0 bridgehead atoms. The first-order chi connectivity index (χ1) is 10.8. The Kier molecular flexibility index (Phi) is 4.16. The monoisotopic (exact) mass is 294 g/mol. The van der Waals surface area contributed by atoms with Gasteiger partial charge in [0.25, 0.3) is 0 Å². The van der Waals surface area contributed by atoms with Gasteiger partial charge in [-0.3, -0.25) is 0 Å². The van der Waals surface area contributed by atoms with Crippen molar-refractivity contribution in [3.63, 3.8) is 0 Å². The average Bonchev–Trinajstić information content (AvgIpc) is 2.55. The van der Waals surface area contributed by atoms with E-state index in [4.69, 9.17) is 5.11 Å². The lowest BCUT2D eigenvalue weighted by molar-refractivity contribution is 0.311. The Morgan fingerprint density at radius 1 is 1.00 bits per heavy atom. The standard InChI is InChI=1S/C17H18N4O/c1-12-6-2-4-8-14(12)19-16-13-7-3-5-9-15(13)20-17(21-16)18-10-11-22/h2-9,22H,10-11H2,1H3,(H2,18,19,20,21). The van der Waals surface area contributed by atoms with E-state index in [2.05, 4.69) is 33.6 Å². The number of anilines is 3. The van der Waals surface area contributed by atoms with E-state index in [0.29, 0.717) is 12.5 Å². The molecule has 0 aliphatic carbocycles. The van der Waals surface area contributed by atoms with Crippen LogP contribution in [-0.4, -0.2) is 28.2 Å². The molecule has 0 saturated heterocycles. The van der Waals surface area contributed by atoms with Crippen molar-refractivity contribution in [1.29, 1.82) is 0 Å². The third-order valence-electron chi connectivity index (χ3n) is 3.40. The van der Waals surface area contributed by atoms with Gasteiger partial charge in [0.05, 0.1) is 12.1 Å². The van der Waals surface area contributed by atoms with E-state index >= 15 is 0 Å². The van der Waals surface area contributed by atoms with E-state index in [1.807, 2.05) is 42.5 Å². The highest BCUT2D eigenvalue weighted by atomic mass is 16.3. The number of nitrogens with one attached hydrogen (secondary N) is 2. The van der Waals surface area contributed by atoms with Crippen LogP contribution in [0.15, 0.2) is 48.5 Å². The summed E-state index contributed by atoms with van der Waals surface area (Å²) in [6.45, 7) is 2.51. The number of hydrogen-bond donors (Lipinski definition) is 3. The summed E-state index contributed by atoms with van der Waals surface area (Å²) in [7, 11) is 0. The summed E-state index contributed by atoms with van der Waals surface area (Å²) in [6.07, 6.45) is 0. The molecule has 1 aromatic heterocycles. The largest absolute Gasteiger partial charge is 0.395 e. The van der Waals surface area contributed by atoms with Gasteiger partial charge in [0.15, 0.2) is 0 Å². The topological polar surface area (TPSA) is 70.1 Å². The highest BCUT2D eigenvalue weighted by molar-refractivity contribution is 5.91. The van der Waals surface area contributed by atoms with E-state index in [9.17, 15) is 0 Å². The van der Waals surface area contributed by atoms with Gasteiger partial charge in [0.2, 0.25) is 5.95 Å². The molecule has 5 heteroatoms. The number of hydrogen-bond acceptors (Lipinski definition) is 5. The van der Waals surface area contributed by atoms with E-state index in [1.165, 1.54) is 0 Å². The van der Waals surface area contributed by atoms with Gasteiger partial charge in [-0.05, 0) is 30.7 Å². The molecule has 0 aliphatic rings. The van der Waals surface area contributed by atoms with Crippen molar-refractivity contribution >= 4 is 28.4 Å². The third-order valence-corrected chi connectivity index (χ3v) is 3.40. The SMILES string of the molecule is Cc1ccccc1Nc1nc(NCCO)nc2ccccc12. The quantitative estimate of drug-likeness (QED) is 0.674.